The van der Waals surface area contributed by atoms with Crippen molar-refractivity contribution in [3.8, 4) is 5.75 Å². The fraction of sp³-hybridized carbons (Fsp3) is 0.385. The summed E-state index contributed by atoms with van der Waals surface area (Å²) >= 11 is 0. The Morgan fingerprint density at radius 2 is 2.11 bits per heavy atom. The molecule has 3 N–H and O–H groups in total. The van der Waals surface area contributed by atoms with Crippen LogP contribution in [0.3, 0.4) is 0 Å². The highest BCUT2D eigenvalue weighted by atomic mass is 16.5. The molecule has 0 saturated heterocycles. The van der Waals surface area contributed by atoms with Crippen LogP contribution in [0.15, 0.2) is 18.2 Å². The molecule has 0 aliphatic rings. The van der Waals surface area contributed by atoms with Gasteiger partial charge in [-0.1, -0.05) is 6.07 Å². The molecular formula is C13H18N2O3. The molecule has 0 radical (unpaired) electrons. The van der Waals surface area contributed by atoms with Gasteiger partial charge in [-0.3, -0.25) is 9.59 Å². The van der Waals surface area contributed by atoms with Crippen LogP contribution in [-0.4, -0.2) is 25.3 Å². The van der Waals surface area contributed by atoms with Crippen molar-refractivity contribution in [3.05, 3.63) is 23.8 Å². The summed E-state index contributed by atoms with van der Waals surface area (Å²) in [4.78, 5) is 22.4. The van der Waals surface area contributed by atoms with Gasteiger partial charge in [0.1, 0.15) is 11.5 Å². The van der Waals surface area contributed by atoms with E-state index in [0.717, 1.165) is 12.0 Å². The Morgan fingerprint density at radius 1 is 1.39 bits per heavy atom. The zero-order chi connectivity index (χ0) is 13.5. The second-order valence-corrected chi connectivity index (χ2v) is 4.00. The molecule has 0 aliphatic carbocycles. The molecule has 18 heavy (non-hydrogen) atoms. The van der Waals surface area contributed by atoms with Gasteiger partial charge in [-0.2, -0.15) is 0 Å². The first kappa shape index (κ1) is 14.2. The summed E-state index contributed by atoms with van der Waals surface area (Å²) in [5.41, 5.74) is 7.06. The predicted octanol–water partition coefficient (Wildman–Crippen LogP) is 1.11. The van der Waals surface area contributed by atoms with Gasteiger partial charge in [0.05, 0.1) is 19.2 Å². The molecular weight excluding hydrogens is 232 g/mol. The fourth-order valence-electron chi connectivity index (χ4n) is 1.60. The second-order valence-electron chi connectivity index (χ2n) is 4.00. The second kappa shape index (κ2) is 6.76. The number of nitrogens with two attached hydrogens (primary N) is 1. The van der Waals surface area contributed by atoms with E-state index in [1.807, 2.05) is 12.1 Å². The molecule has 5 heteroatoms. The molecule has 0 bridgehead atoms. The van der Waals surface area contributed by atoms with E-state index in [1.54, 1.807) is 6.07 Å². The minimum atomic E-state index is -0.342. The Kier molecular flexibility index (Phi) is 5.32. The van der Waals surface area contributed by atoms with E-state index in [1.165, 1.54) is 14.0 Å². The molecule has 0 aromatic heterocycles. The zero-order valence-electron chi connectivity index (χ0n) is 10.7. The van der Waals surface area contributed by atoms with E-state index < -0.39 is 0 Å². The van der Waals surface area contributed by atoms with Crippen molar-refractivity contribution in [1.29, 1.82) is 0 Å². The van der Waals surface area contributed by atoms with Crippen LogP contribution < -0.4 is 15.8 Å². The molecule has 5 nitrogen and oxygen atoms in total. The minimum Gasteiger partial charge on any atom is -0.495 e. The van der Waals surface area contributed by atoms with Crippen molar-refractivity contribution < 1.29 is 14.3 Å². The number of rotatable bonds is 6. The normalized spacial score (nSPS) is 9.94. The fourth-order valence-corrected chi connectivity index (χ4v) is 1.60. The number of amides is 1. The van der Waals surface area contributed by atoms with Crippen molar-refractivity contribution >= 4 is 17.4 Å². The highest BCUT2D eigenvalue weighted by Crippen LogP contribution is 2.25. The van der Waals surface area contributed by atoms with E-state index in [9.17, 15) is 9.59 Å². The number of carbonyl (C=O) groups is 2. The highest BCUT2D eigenvalue weighted by molar-refractivity contribution is 6.04. The molecule has 0 fully saturated rings. The van der Waals surface area contributed by atoms with Crippen LogP contribution in [-0.2, 0) is 16.0 Å². The van der Waals surface area contributed by atoms with Gasteiger partial charge in [-0.05, 0) is 37.6 Å². The number of anilines is 1. The van der Waals surface area contributed by atoms with Gasteiger partial charge < -0.3 is 15.8 Å². The van der Waals surface area contributed by atoms with Crippen LogP contribution in [0.25, 0.3) is 0 Å². The summed E-state index contributed by atoms with van der Waals surface area (Å²) in [6, 6.07) is 5.48. The lowest BCUT2D eigenvalue weighted by Gasteiger charge is -2.11. The van der Waals surface area contributed by atoms with Gasteiger partial charge in [0.15, 0.2) is 0 Å². The number of Topliss-reactive ketones (excluding diaryl/α,β-unsaturated/α-hetero) is 1. The van der Waals surface area contributed by atoms with E-state index >= 15 is 0 Å². The van der Waals surface area contributed by atoms with E-state index in [2.05, 4.69) is 5.32 Å². The SMILES string of the molecule is COc1ccc(CCN)cc1NC(=O)CC(C)=O. The van der Waals surface area contributed by atoms with E-state index in [-0.39, 0.29) is 18.1 Å². The van der Waals surface area contributed by atoms with Gasteiger partial charge >= 0.3 is 0 Å². The Hall–Kier alpha value is -1.88. The third kappa shape index (κ3) is 4.18. The summed E-state index contributed by atoms with van der Waals surface area (Å²) in [6.45, 7) is 1.91. The van der Waals surface area contributed by atoms with Crippen LogP contribution in [0.2, 0.25) is 0 Å². The summed E-state index contributed by atoms with van der Waals surface area (Å²) in [7, 11) is 1.53. The maximum Gasteiger partial charge on any atom is 0.231 e. The third-order valence-electron chi connectivity index (χ3n) is 2.38. The van der Waals surface area contributed by atoms with Crippen LogP contribution in [0.1, 0.15) is 18.9 Å². The number of carbonyl (C=O) groups excluding carboxylic acids is 2. The van der Waals surface area contributed by atoms with E-state index in [0.29, 0.717) is 18.0 Å². The largest absolute Gasteiger partial charge is 0.495 e. The van der Waals surface area contributed by atoms with Crippen LogP contribution in [0.4, 0.5) is 5.69 Å². The number of hydrogen-bond donors (Lipinski definition) is 2. The first-order valence-corrected chi connectivity index (χ1v) is 5.73. The zero-order valence-corrected chi connectivity index (χ0v) is 10.7. The number of ketones is 1. The van der Waals surface area contributed by atoms with Crippen LogP contribution in [0, 0.1) is 0 Å². The summed E-state index contributed by atoms with van der Waals surface area (Å²) in [6.07, 6.45) is 0.587. The van der Waals surface area contributed by atoms with Crippen molar-refractivity contribution in [2.45, 2.75) is 19.8 Å². The average Bonchev–Trinajstić information content (AvgIpc) is 2.28. The first-order chi connectivity index (χ1) is 8.56. The first-order valence-electron chi connectivity index (χ1n) is 5.73. The van der Waals surface area contributed by atoms with Gasteiger partial charge in [0.2, 0.25) is 5.91 Å². The number of methoxy groups -OCH3 is 1. The molecule has 0 atom stereocenters. The van der Waals surface area contributed by atoms with Gasteiger partial charge in [0, 0.05) is 0 Å². The molecule has 0 heterocycles. The van der Waals surface area contributed by atoms with Crippen molar-refractivity contribution in [1.82, 2.24) is 0 Å². The molecule has 1 rings (SSSR count). The van der Waals surface area contributed by atoms with Gasteiger partial charge in [-0.15, -0.1) is 0 Å². The molecule has 0 spiro atoms. The minimum absolute atomic E-state index is 0.135. The molecule has 0 unspecified atom stereocenters. The Morgan fingerprint density at radius 3 is 2.67 bits per heavy atom. The monoisotopic (exact) mass is 250 g/mol. The Balaban J connectivity index is 2.86. The third-order valence-corrected chi connectivity index (χ3v) is 2.38. The van der Waals surface area contributed by atoms with Crippen molar-refractivity contribution in [3.63, 3.8) is 0 Å². The lowest BCUT2D eigenvalue weighted by molar-refractivity contribution is -0.124. The standard InChI is InChI=1S/C13H18N2O3/c1-9(16)7-13(17)15-11-8-10(5-6-14)3-4-12(11)18-2/h3-4,8H,5-7,14H2,1-2H3,(H,15,17). The topological polar surface area (TPSA) is 81.4 Å². The van der Waals surface area contributed by atoms with E-state index in [4.69, 9.17) is 10.5 Å². The van der Waals surface area contributed by atoms with Crippen molar-refractivity contribution in [2.24, 2.45) is 5.73 Å². The molecule has 98 valence electrons. The molecule has 0 aliphatic heterocycles. The molecule has 1 amide bonds. The maximum atomic E-state index is 11.5. The quantitative estimate of drug-likeness (QED) is 0.741. The highest BCUT2D eigenvalue weighted by Gasteiger charge is 2.10. The van der Waals surface area contributed by atoms with Crippen LogP contribution in [0.5, 0.6) is 5.75 Å². The molecule has 0 saturated carbocycles. The number of hydrogen-bond acceptors (Lipinski definition) is 4. The lowest BCUT2D eigenvalue weighted by Crippen LogP contribution is -2.15. The Labute approximate surface area is 106 Å². The van der Waals surface area contributed by atoms with Crippen LogP contribution >= 0.6 is 0 Å². The Bertz CT molecular complexity index is 444. The van der Waals surface area contributed by atoms with Crippen molar-refractivity contribution in [2.75, 3.05) is 19.0 Å². The summed E-state index contributed by atoms with van der Waals surface area (Å²) < 4.78 is 5.15. The lowest BCUT2D eigenvalue weighted by atomic mass is 10.1. The maximum absolute atomic E-state index is 11.5. The summed E-state index contributed by atoms with van der Waals surface area (Å²) in [5.74, 6) is 0.0444. The predicted molar refractivity (Wildman–Crippen MR) is 69.7 cm³/mol. The number of benzene rings is 1. The summed E-state index contributed by atoms with van der Waals surface area (Å²) in [5, 5.41) is 2.67. The smallest absolute Gasteiger partial charge is 0.231 e. The molecule has 1 aromatic carbocycles. The number of nitrogens with one attached hydrogen (secondary N) is 1. The average molecular weight is 250 g/mol. The molecule has 1 aromatic rings. The number of ether oxygens (including phenoxy) is 1. The van der Waals surface area contributed by atoms with Gasteiger partial charge in [-0.25, -0.2) is 0 Å². The van der Waals surface area contributed by atoms with Gasteiger partial charge in [0.25, 0.3) is 0 Å².